The fourth-order valence-electron chi connectivity index (χ4n) is 3.52. The Morgan fingerprint density at radius 2 is 2.03 bits per heavy atom. The van der Waals surface area contributed by atoms with Crippen LogP contribution in [0.25, 0.3) is 5.82 Å². The molecule has 11 heteroatoms. The Balaban J connectivity index is 1.67. The Morgan fingerprint density at radius 3 is 2.73 bits per heavy atom. The van der Waals surface area contributed by atoms with E-state index in [0.717, 1.165) is 17.5 Å². The van der Waals surface area contributed by atoms with Gasteiger partial charge >= 0.3 is 6.18 Å². The summed E-state index contributed by atoms with van der Waals surface area (Å²) in [7, 11) is 0. The third-order valence-electron chi connectivity index (χ3n) is 5.00. The molecule has 4 rings (SSSR count). The lowest BCUT2D eigenvalue weighted by molar-refractivity contribution is -0.137. The molecule has 1 aliphatic rings. The van der Waals surface area contributed by atoms with E-state index in [-0.39, 0.29) is 12.1 Å². The van der Waals surface area contributed by atoms with Gasteiger partial charge in [-0.1, -0.05) is 22.9 Å². The zero-order chi connectivity index (χ0) is 21.6. The Morgan fingerprint density at radius 1 is 1.27 bits per heavy atom. The summed E-state index contributed by atoms with van der Waals surface area (Å²) in [5.41, 5.74) is 0.822. The molecule has 0 spiro atoms. The van der Waals surface area contributed by atoms with Crippen molar-refractivity contribution in [2.75, 3.05) is 6.54 Å². The summed E-state index contributed by atoms with van der Waals surface area (Å²) in [6.07, 6.45) is -1.06. The van der Waals surface area contributed by atoms with Crippen molar-refractivity contribution in [3.63, 3.8) is 0 Å². The van der Waals surface area contributed by atoms with Gasteiger partial charge in [0.1, 0.15) is 5.69 Å². The minimum absolute atomic E-state index is 0.196. The molecular weight excluding hydrogens is 421 g/mol. The highest BCUT2D eigenvalue weighted by Crippen LogP contribution is 2.38. The van der Waals surface area contributed by atoms with Crippen LogP contribution in [0.3, 0.4) is 0 Å². The topological polar surface area (TPSA) is 76.8 Å². The second-order valence-electron chi connectivity index (χ2n) is 6.94. The molecular formula is C19H16ClF3N6O. The number of halogens is 4. The van der Waals surface area contributed by atoms with Crippen molar-refractivity contribution >= 4 is 17.5 Å². The van der Waals surface area contributed by atoms with Gasteiger partial charge in [0.05, 0.1) is 39.8 Å². The molecule has 0 N–H and O–H groups in total. The summed E-state index contributed by atoms with van der Waals surface area (Å²) in [5, 5.41) is 7.72. The van der Waals surface area contributed by atoms with Crippen molar-refractivity contribution in [3.05, 3.63) is 63.8 Å². The molecule has 0 bridgehead atoms. The van der Waals surface area contributed by atoms with Crippen molar-refractivity contribution in [2.45, 2.75) is 32.5 Å². The number of carbonyl (C=O) groups is 1. The number of rotatable bonds is 2. The van der Waals surface area contributed by atoms with E-state index >= 15 is 0 Å². The van der Waals surface area contributed by atoms with Crippen LogP contribution in [0.4, 0.5) is 13.2 Å². The van der Waals surface area contributed by atoms with Gasteiger partial charge in [0, 0.05) is 19.2 Å². The quantitative estimate of drug-likeness (QED) is 0.610. The monoisotopic (exact) mass is 436 g/mol. The third kappa shape index (κ3) is 3.41. The van der Waals surface area contributed by atoms with Gasteiger partial charge in [-0.15, -0.1) is 5.10 Å². The average molecular weight is 437 g/mol. The van der Waals surface area contributed by atoms with Crippen LogP contribution in [0.5, 0.6) is 0 Å². The summed E-state index contributed by atoms with van der Waals surface area (Å²) in [6.45, 7) is 3.83. The number of fused-ring (bicyclic) bond motifs is 1. The summed E-state index contributed by atoms with van der Waals surface area (Å²) in [4.78, 5) is 23.0. The van der Waals surface area contributed by atoms with E-state index < -0.39 is 28.7 Å². The highest BCUT2D eigenvalue weighted by Gasteiger charge is 2.37. The molecule has 0 saturated heterocycles. The van der Waals surface area contributed by atoms with Crippen LogP contribution in [0, 0.1) is 6.92 Å². The fourth-order valence-corrected chi connectivity index (χ4v) is 3.84. The first-order chi connectivity index (χ1) is 14.2. The second kappa shape index (κ2) is 7.35. The van der Waals surface area contributed by atoms with Crippen LogP contribution < -0.4 is 0 Å². The number of hydrogen-bond donors (Lipinski definition) is 0. The maximum absolute atomic E-state index is 13.2. The van der Waals surface area contributed by atoms with Crippen LogP contribution in [-0.2, 0) is 12.6 Å². The molecule has 1 atom stereocenters. The summed E-state index contributed by atoms with van der Waals surface area (Å²) in [6, 6.07) is 2.82. The predicted octanol–water partition coefficient (Wildman–Crippen LogP) is 3.80. The zero-order valence-electron chi connectivity index (χ0n) is 16.0. The van der Waals surface area contributed by atoms with E-state index in [1.54, 1.807) is 24.0 Å². The number of nitrogens with zero attached hydrogens (tertiary/aromatic N) is 6. The fraction of sp³-hybridized carbons (Fsp3) is 0.316. The molecule has 1 aromatic carbocycles. The predicted molar refractivity (Wildman–Crippen MR) is 101 cm³/mol. The van der Waals surface area contributed by atoms with Gasteiger partial charge < -0.3 is 4.90 Å². The van der Waals surface area contributed by atoms with Crippen molar-refractivity contribution in [2.24, 2.45) is 0 Å². The van der Waals surface area contributed by atoms with Gasteiger partial charge in [-0.3, -0.25) is 9.78 Å². The number of carbonyl (C=O) groups excluding carboxylic acids is 1. The molecule has 156 valence electrons. The molecule has 1 aliphatic heterocycles. The molecule has 7 nitrogen and oxygen atoms in total. The molecule has 1 unspecified atom stereocenters. The summed E-state index contributed by atoms with van der Waals surface area (Å²) < 4.78 is 41.1. The van der Waals surface area contributed by atoms with Crippen LogP contribution >= 0.6 is 11.6 Å². The Bertz CT molecular complexity index is 1130. The number of aryl methyl sites for hydroxylation is 1. The van der Waals surface area contributed by atoms with E-state index in [9.17, 15) is 18.0 Å². The van der Waals surface area contributed by atoms with Crippen LogP contribution in [-0.4, -0.2) is 42.3 Å². The van der Waals surface area contributed by atoms with E-state index in [1.165, 1.54) is 17.0 Å². The maximum atomic E-state index is 13.2. The Labute approximate surface area is 174 Å². The van der Waals surface area contributed by atoms with Crippen molar-refractivity contribution in [1.29, 1.82) is 0 Å². The van der Waals surface area contributed by atoms with Gasteiger partial charge in [-0.25, -0.2) is 4.98 Å². The van der Waals surface area contributed by atoms with Crippen molar-refractivity contribution < 1.29 is 18.0 Å². The molecule has 1 amide bonds. The number of aromatic nitrogens is 5. The molecule has 0 radical (unpaired) electrons. The lowest BCUT2D eigenvalue weighted by atomic mass is 10.0. The van der Waals surface area contributed by atoms with Gasteiger partial charge in [0.25, 0.3) is 5.91 Å². The standard InChI is InChI=1S/C19H16ClF3N6O/c1-10-8-24-9-15(25-10)29-14-6-7-28(11(2)17(14)26-27-29)18(30)12-4-3-5-13(16(12)20)19(21,22)23/h3-5,8-9,11H,6-7H2,1-2H3. The Hall–Kier alpha value is -3.01. The lowest BCUT2D eigenvalue weighted by Crippen LogP contribution is -2.39. The average Bonchev–Trinajstić information content (AvgIpc) is 3.12. The number of benzene rings is 1. The van der Waals surface area contributed by atoms with E-state index in [4.69, 9.17) is 11.6 Å². The van der Waals surface area contributed by atoms with E-state index in [2.05, 4.69) is 20.3 Å². The van der Waals surface area contributed by atoms with Gasteiger partial charge in [0.15, 0.2) is 5.82 Å². The van der Waals surface area contributed by atoms with Crippen molar-refractivity contribution in [3.8, 4) is 5.82 Å². The van der Waals surface area contributed by atoms with Gasteiger partial charge in [0.2, 0.25) is 0 Å². The van der Waals surface area contributed by atoms with Crippen LogP contribution in [0.1, 0.15) is 46.0 Å². The van der Waals surface area contributed by atoms with Crippen LogP contribution in [0.2, 0.25) is 5.02 Å². The van der Waals surface area contributed by atoms with Crippen LogP contribution in [0.15, 0.2) is 30.6 Å². The molecule has 0 aliphatic carbocycles. The number of hydrogen-bond acceptors (Lipinski definition) is 5. The maximum Gasteiger partial charge on any atom is 0.417 e. The molecule has 0 fully saturated rings. The lowest BCUT2D eigenvalue weighted by Gasteiger charge is -2.33. The first-order valence-electron chi connectivity index (χ1n) is 9.08. The number of amides is 1. The normalized spacial score (nSPS) is 16.5. The highest BCUT2D eigenvalue weighted by molar-refractivity contribution is 6.34. The first kappa shape index (κ1) is 20.3. The minimum atomic E-state index is -4.65. The Kier molecular flexibility index (Phi) is 4.97. The van der Waals surface area contributed by atoms with Gasteiger partial charge in [-0.2, -0.15) is 17.9 Å². The zero-order valence-corrected chi connectivity index (χ0v) is 16.7. The largest absolute Gasteiger partial charge is 0.417 e. The molecule has 3 aromatic rings. The molecule has 3 heterocycles. The molecule has 0 saturated carbocycles. The molecule has 30 heavy (non-hydrogen) atoms. The second-order valence-corrected chi connectivity index (χ2v) is 7.32. The van der Waals surface area contributed by atoms with E-state index in [1.807, 2.05) is 6.92 Å². The highest BCUT2D eigenvalue weighted by atomic mass is 35.5. The summed E-state index contributed by atoms with van der Waals surface area (Å²) >= 11 is 5.94. The number of alkyl halides is 3. The first-order valence-corrected chi connectivity index (χ1v) is 9.46. The SMILES string of the molecule is Cc1cncc(-n2nnc3c2CCN(C(=O)c2cccc(C(F)(F)F)c2Cl)C3C)n1. The van der Waals surface area contributed by atoms with Crippen molar-refractivity contribution in [1.82, 2.24) is 29.9 Å². The third-order valence-corrected chi connectivity index (χ3v) is 5.41. The van der Waals surface area contributed by atoms with E-state index in [0.29, 0.717) is 17.9 Å². The minimum Gasteiger partial charge on any atom is -0.330 e. The summed E-state index contributed by atoms with van der Waals surface area (Å²) in [5.74, 6) is -0.0780. The smallest absolute Gasteiger partial charge is 0.330 e. The molecule has 2 aromatic heterocycles. The van der Waals surface area contributed by atoms with Gasteiger partial charge in [-0.05, 0) is 26.0 Å².